The van der Waals surface area contributed by atoms with Gasteiger partial charge in [0.05, 0.1) is 12.9 Å². The van der Waals surface area contributed by atoms with Crippen LogP contribution < -0.4 is 11.3 Å². The number of fused-ring (bicyclic) bond motifs is 1. The van der Waals surface area contributed by atoms with E-state index in [4.69, 9.17) is 15.2 Å². The predicted molar refractivity (Wildman–Crippen MR) is 70.4 cm³/mol. The molecule has 10 nitrogen and oxygen atoms in total. The second-order valence-electron chi connectivity index (χ2n) is 4.71. The summed E-state index contributed by atoms with van der Waals surface area (Å²) >= 11 is 0. The second kappa shape index (κ2) is 5.07. The number of imidazole rings is 1. The molecular formula is C11H15N5O5. The smallest absolute Gasteiger partial charge is 0.280 e. The molecule has 1 fully saturated rings. The summed E-state index contributed by atoms with van der Waals surface area (Å²) in [5.41, 5.74) is 5.31. The van der Waals surface area contributed by atoms with Gasteiger partial charge in [-0.05, 0) is 0 Å². The lowest BCUT2D eigenvalue weighted by Gasteiger charge is -2.17. The minimum atomic E-state index is -1.05. The lowest BCUT2D eigenvalue weighted by atomic mass is 10.1. The molecule has 1 saturated heterocycles. The van der Waals surface area contributed by atoms with Crippen molar-refractivity contribution in [2.75, 3.05) is 19.5 Å². The number of ether oxygens (including phenoxy) is 2. The monoisotopic (exact) mass is 297 g/mol. The Hall–Kier alpha value is -2.01. The molecule has 10 heteroatoms. The van der Waals surface area contributed by atoms with E-state index < -0.39 is 30.1 Å². The molecule has 1 aliphatic heterocycles. The number of hydrogen-bond donors (Lipinski definition) is 4. The van der Waals surface area contributed by atoms with Crippen molar-refractivity contribution in [1.29, 1.82) is 0 Å². The number of nitrogens with zero attached hydrogens (tertiary/aromatic N) is 3. The number of aromatic amines is 1. The van der Waals surface area contributed by atoms with Crippen LogP contribution in [0.1, 0.15) is 6.23 Å². The molecule has 5 N–H and O–H groups in total. The number of nitrogens with two attached hydrogens (primary N) is 1. The quantitative estimate of drug-likeness (QED) is 0.506. The Labute approximate surface area is 118 Å². The Morgan fingerprint density at radius 3 is 3.00 bits per heavy atom. The maximum absolute atomic E-state index is 11.7. The zero-order valence-corrected chi connectivity index (χ0v) is 11.1. The summed E-state index contributed by atoms with van der Waals surface area (Å²) in [6, 6.07) is 0. The highest BCUT2D eigenvalue weighted by atomic mass is 16.6. The lowest BCUT2D eigenvalue weighted by molar-refractivity contribution is -0.0535. The Balaban J connectivity index is 2.07. The van der Waals surface area contributed by atoms with Crippen LogP contribution in [0.2, 0.25) is 0 Å². The minimum Gasteiger partial charge on any atom is -0.394 e. The first kappa shape index (κ1) is 13.9. The SMILES string of the molecule is CO[C@@H]1[C@H](O)[C@@H](n2cnc3c(=O)[nH]c(N)nc32)O[C@H]1CO. The van der Waals surface area contributed by atoms with E-state index >= 15 is 0 Å². The third-order valence-corrected chi connectivity index (χ3v) is 3.49. The molecule has 4 atom stereocenters. The molecule has 3 heterocycles. The topological polar surface area (TPSA) is 149 Å². The molecule has 0 amide bonds. The molecule has 114 valence electrons. The van der Waals surface area contributed by atoms with Gasteiger partial charge in [0, 0.05) is 7.11 Å². The van der Waals surface area contributed by atoms with Gasteiger partial charge in [0.25, 0.3) is 5.56 Å². The van der Waals surface area contributed by atoms with Crippen LogP contribution in [-0.4, -0.2) is 61.8 Å². The van der Waals surface area contributed by atoms with E-state index in [0.717, 1.165) is 0 Å². The van der Waals surface area contributed by atoms with Crippen LogP contribution in [0.5, 0.6) is 0 Å². The molecule has 3 rings (SSSR count). The Kier molecular flexibility index (Phi) is 3.37. The lowest BCUT2D eigenvalue weighted by Crippen LogP contribution is -2.35. The second-order valence-corrected chi connectivity index (χ2v) is 4.71. The number of nitrogen functional groups attached to an aromatic ring is 1. The van der Waals surface area contributed by atoms with Crippen molar-refractivity contribution < 1.29 is 19.7 Å². The Bertz CT molecular complexity index is 713. The predicted octanol–water partition coefficient (Wildman–Crippen LogP) is -2.03. The van der Waals surface area contributed by atoms with Crippen LogP contribution in [0.15, 0.2) is 11.1 Å². The fourth-order valence-corrected chi connectivity index (χ4v) is 2.52. The molecule has 0 aromatic carbocycles. The molecule has 1 aliphatic rings. The highest BCUT2D eigenvalue weighted by molar-refractivity contribution is 5.70. The van der Waals surface area contributed by atoms with E-state index in [9.17, 15) is 15.0 Å². The van der Waals surface area contributed by atoms with Gasteiger partial charge in [-0.2, -0.15) is 4.98 Å². The zero-order valence-electron chi connectivity index (χ0n) is 11.1. The van der Waals surface area contributed by atoms with Gasteiger partial charge in [-0.25, -0.2) is 4.98 Å². The van der Waals surface area contributed by atoms with E-state index in [1.54, 1.807) is 0 Å². The van der Waals surface area contributed by atoms with Crippen LogP contribution in [0.25, 0.3) is 11.2 Å². The number of aliphatic hydroxyl groups is 2. The van der Waals surface area contributed by atoms with Gasteiger partial charge in [-0.3, -0.25) is 14.3 Å². The van der Waals surface area contributed by atoms with Crippen molar-refractivity contribution in [1.82, 2.24) is 19.5 Å². The average molecular weight is 297 g/mol. The summed E-state index contributed by atoms with van der Waals surface area (Å²) in [7, 11) is 1.41. The molecular weight excluding hydrogens is 282 g/mol. The first-order chi connectivity index (χ1) is 10.1. The molecule has 2 aromatic rings. The number of anilines is 1. The molecule has 0 saturated carbocycles. The third kappa shape index (κ3) is 2.08. The van der Waals surface area contributed by atoms with Crippen molar-refractivity contribution in [3.8, 4) is 0 Å². The van der Waals surface area contributed by atoms with Gasteiger partial charge in [0.2, 0.25) is 5.95 Å². The number of H-pyrrole nitrogens is 1. The molecule has 0 aliphatic carbocycles. The van der Waals surface area contributed by atoms with Crippen molar-refractivity contribution in [2.45, 2.75) is 24.5 Å². The fraction of sp³-hybridized carbons (Fsp3) is 0.545. The number of aromatic nitrogens is 4. The summed E-state index contributed by atoms with van der Waals surface area (Å²) in [4.78, 5) is 22.0. The van der Waals surface area contributed by atoms with Crippen LogP contribution >= 0.6 is 0 Å². The molecule has 0 unspecified atom stereocenters. The van der Waals surface area contributed by atoms with Gasteiger partial charge in [-0.15, -0.1) is 0 Å². The largest absolute Gasteiger partial charge is 0.394 e. The van der Waals surface area contributed by atoms with Gasteiger partial charge in [0.1, 0.15) is 18.3 Å². The first-order valence-corrected chi connectivity index (χ1v) is 6.26. The van der Waals surface area contributed by atoms with Gasteiger partial charge in [-0.1, -0.05) is 0 Å². The van der Waals surface area contributed by atoms with Crippen LogP contribution in [0.4, 0.5) is 5.95 Å². The van der Waals surface area contributed by atoms with Gasteiger partial charge >= 0.3 is 0 Å². The number of methoxy groups -OCH3 is 1. The van der Waals surface area contributed by atoms with Crippen LogP contribution in [0, 0.1) is 0 Å². The van der Waals surface area contributed by atoms with Crippen LogP contribution in [0.3, 0.4) is 0 Å². The Morgan fingerprint density at radius 1 is 1.62 bits per heavy atom. The average Bonchev–Trinajstić information content (AvgIpc) is 2.99. The normalized spacial score (nSPS) is 29.3. The van der Waals surface area contributed by atoms with E-state index in [1.807, 2.05) is 0 Å². The van der Waals surface area contributed by atoms with E-state index in [2.05, 4.69) is 15.0 Å². The van der Waals surface area contributed by atoms with E-state index in [1.165, 1.54) is 18.0 Å². The zero-order chi connectivity index (χ0) is 15.1. The number of rotatable bonds is 3. The number of hydrogen-bond acceptors (Lipinski definition) is 8. The fourth-order valence-electron chi connectivity index (χ4n) is 2.52. The molecule has 0 radical (unpaired) electrons. The van der Waals surface area contributed by atoms with Crippen LogP contribution in [-0.2, 0) is 9.47 Å². The summed E-state index contributed by atoms with van der Waals surface area (Å²) in [5.74, 6) is -0.0660. The standard InChI is InChI=1S/C11H15N5O5/c1-20-7-4(2-17)21-10(6(7)18)16-3-13-5-8(16)14-11(12)15-9(5)19/h3-4,6-7,10,17-18H,2H2,1H3,(H3,12,14,15,19)/t4-,6-,7-,10-/m0/s1. The third-order valence-electron chi connectivity index (χ3n) is 3.49. The molecule has 2 aromatic heterocycles. The summed E-state index contributed by atoms with van der Waals surface area (Å²) < 4.78 is 12.1. The van der Waals surface area contributed by atoms with Crippen molar-refractivity contribution >= 4 is 17.1 Å². The Morgan fingerprint density at radius 2 is 2.38 bits per heavy atom. The van der Waals surface area contributed by atoms with Gasteiger partial charge < -0.3 is 25.4 Å². The van der Waals surface area contributed by atoms with Gasteiger partial charge in [0.15, 0.2) is 17.4 Å². The summed E-state index contributed by atoms with van der Waals surface area (Å²) in [6.07, 6.45) is -1.99. The molecule has 0 bridgehead atoms. The first-order valence-electron chi connectivity index (χ1n) is 6.26. The van der Waals surface area contributed by atoms with Crippen molar-refractivity contribution in [2.24, 2.45) is 0 Å². The number of aliphatic hydroxyl groups excluding tert-OH is 2. The highest BCUT2D eigenvalue weighted by Gasteiger charge is 2.45. The maximum Gasteiger partial charge on any atom is 0.280 e. The highest BCUT2D eigenvalue weighted by Crippen LogP contribution is 2.32. The van der Waals surface area contributed by atoms with Crippen molar-refractivity contribution in [3.05, 3.63) is 16.7 Å². The summed E-state index contributed by atoms with van der Waals surface area (Å²) in [6.45, 7) is -0.311. The van der Waals surface area contributed by atoms with E-state index in [0.29, 0.717) is 0 Å². The molecule has 21 heavy (non-hydrogen) atoms. The minimum absolute atomic E-state index is 0.0660. The van der Waals surface area contributed by atoms with Crippen molar-refractivity contribution in [3.63, 3.8) is 0 Å². The van der Waals surface area contributed by atoms with E-state index in [-0.39, 0.29) is 23.7 Å². The molecule has 0 spiro atoms. The number of nitrogens with one attached hydrogen (secondary N) is 1. The summed E-state index contributed by atoms with van der Waals surface area (Å²) in [5, 5.41) is 19.5. The maximum atomic E-state index is 11.7.